The molecule has 0 N–H and O–H groups in total. The molecule has 1 heterocycles. The summed E-state index contributed by atoms with van der Waals surface area (Å²) in [5.41, 5.74) is 4.06. The van der Waals surface area contributed by atoms with Crippen LogP contribution in [0.25, 0.3) is 32.9 Å². The van der Waals surface area contributed by atoms with Crippen molar-refractivity contribution in [2.45, 2.75) is 18.7 Å². The fourth-order valence-electron chi connectivity index (χ4n) is 4.25. The fourth-order valence-corrected chi connectivity index (χ4v) is 5.45. The topological polar surface area (TPSA) is 78.1 Å². The first-order valence-corrected chi connectivity index (χ1v) is 11.5. The van der Waals surface area contributed by atoms with E-state index in [-0.39, 0.29) is 10.5 Å². The second-order valence-corrected chi connectivity index (χ2v) is 9.79. The van der Waals surface area contributed by atoms with Gasteiger partial charge in [0, 0.05) is 28.4 Å². The zero-order valence-electron chi connectivity index (χ0n) is 16.6. The summed E-state index contributed by atoms with van der Waals surface area (Å²) in [4.78, 5) is 12.3. The van der Waals surface area contributed by atoms with Gasteiger partial charge in [0.2, 0.25) is 11.0 Å². The first kappa shape index (κ1) is 20.3. The van der Waals surface area contributed by atoms with Crippen LogP contribution in [0.1, 0.15) is 21.5 Å². The van der Waals surface area contributed by atoms with E-state index in [4.69, 9.17) is 10.7 Å². The van der Waals surface area contributed by atoms with Gasteiger partial charge in [0.25, 0.3) is 9.05 Å². The van der Waals surface area contributed by atoms with E-state index >= 15 is 0 Å². The highest BCUT2D eigenvalue weighted by molar-refractivity contribution is 8.13. The Bertz CT molecular complexity index is 1480. The minimum absolute atomic E-state index is 0.00179. The molecule has 0 saturated carbocycles. The number of halogens is 1. The summed E-state index contributed by atoms with van der Waals surface area (Å²) >= 11 is 0. The van der Waals surface area contributed by atoms with Gasteiger partial charge in [-0.05, 0) is 48.2 Å². The predicted octanol–water partition coefficient (Wildman–Crippen LogP) is 3.39. The van der Waals surface area contributed by atoms with Crippen molar-refractivity contribution in [3.8, 4) is 11.1 Å². The number of aromatic carboxylic acids is 1. The second-order valence-electron chi connectivity index (χ2n) is 7.26. The minimum Gasteiger partial charge on any atom is -0.545 e. The average Bonchev–Trinajstić information content (AvgIpc) is 2.67. The zero-order chi connectivity index (χ0) is 21.8. The maximum Gasteiger partial charge on any atom is 0.261 e. The first-order chi connectivity index (χ1) is 14.1. The minimum atomic E-state index is -3.96. The molecule has 0 aliphatic rings. The highest BCUT2D eigenvalue weighted by Gasteiger charge is 2.24. The Morgan fingerprint density at radius 3 is 2.30 bits per heavy atom. The molecule has 7 heteroatoms. The molecule has 0 saturated heterocycles. The number of rotatable bonds is 3. The molecule has 4 rings (SSSR count). The largest absolute Gasteiger partial charge is 0.545 e. The van der Waals surface area contributed by atoms with Gasteiger partial charge in [-0.15, -0.1) is 0 Å². The molecule has 30 heavy (non-hydrogen) atoms. The van der Waals surface area contributed by atoms with Crippen molar-refractivity contribution in [1.82, 2.24) is 0 Å². The summed E-state index contributed by atoms with van der Waals surface area (Å²) in [6.45, 7) is 3.53. The van der Waals surface area contributed by atoms with Crippen LogP contribution in [-0.4, -0.2) is 14.4 Å². The predicted molar refractivity (Wildman–Crippen MR) is 115 cm³/mol. The van der Waals surface area contributed by atoms with Crippen molar-refractivity contribution >= 4 is 47.5 Å². The standard InChI is InChI=1S/C23H18ClNO4S/c1-13-11-12-19(30(24,28)29)14(2)20(13)16-8-6-10-18-21(16)22(23(26)27)15-7-4-5-9-17(15)25(18)3/h4-12H,1-3H3. The van der Waals surface area contributed by atoms with Crippen LogP contribution in [0.3, 0.4) is 0 Å². The van der Waals surface area contributed by atoms with E-state index in [0.717, 1.165) is 11.1 Å². The van der Waals surface area contributed by atoms with E-state index in [0.29, 0.717) is 33.0 Å². The van der Waals surface area contributed by atoms with E-state index in [1.807, 2.05) is 42.8 Å². The van der Waals surface area contributed by atoms with Crippen LogP contribution in [0, 0.1) is 13.8 Å². The van der Waals surface area contributed by atoms with Crippen LogP contribution in [0.4, 0.5) is 0 Å². The molecule has 0 aliphatic carbocycles. The molecule has 5 nitrogen and oxygen atoms in total. The quantitative estimate of drug-likeness (QED) is 0.278. The van der Waals surface area contributed by atoms with Crippen LogP contribution < -0.4 is 9.67 Å². The summed E-state index contributed by atoms with van der Waals surface area (Å²) < 4.78 is 26.1. The number of aryl methyl sites for hydroxylation is 2. The number of hydrogen-bond acceptors (Lipinski definition) is 4. The molecule has 0 unspecified atom stereocenters. The van der Waals surface area contributed by atoms with Gasteiger partial charge < -0.3 is 9.90 Å². The third-order valence-electron chi connectivity index (χ3n) is 5.55. The van der Waals surface area contributed by atoms with E-state index in [2.05, 4.69) is 0 Å². The van der Waals surface area contributed by atoms with Crippen LogP contribution in [-0.2, 0) is 16.1 Å². The smallest absolute Gasteiger partial charge is 0.261 e. The van der Waals surface area contributed by atoms with Gasteiger partial charge in [0.15, 0.2) is 0 Å². The fraction of sp³-hybridized carbons (Fsp3) is 0.130. The lowest BCUT2D eigenvalue weighted by Crippen LogP contribution is -2.33. The number of carboxylic acids is 1. The summed E-state index contributed by atoms with van der Waals surface area (Å²) in [6, 6.07) is 15.8. The van der Waals surface area contributed by atoms with E-state index in [1.54, 1.807) is 31.2 Å². The number of carboxylic acid groups (broad SMARTS) is 1. The molecule has 1 aromatic heterocycles. The van der Waals surface area contributed by atoms with Crippen molar-refractivity contribution in [3.05, 3.63) is 71.3 Å². The molecule has 0 radical (unpaired) electrons. The highest BCUT2D eigenvalue weighted by atomic mass is 35.7. The molecule has 152 valence electrons. The van der Waals surface area contributed by atoms with Crippen molar-refractivity contribution in [2.75, 3.05) is 0 Å². The summed E-state index contributed by atoms with van der Waals surface area (Å²) in [5, 5.41) is 13.3. The summed E-state index contributed by atoms with van der Waals surface area (Å²) in [6.07, 6.45) is 0. The van der Waals surface area contributed by atoms with Gasteiger partial charge in [-0.1, -0.05) is 30.3 Å². The van der Waals surface area contributed by atoms with Gasteiger partial charge in [-0.3, -0.25) is 0 Å². The highest BCUT2D eigenvalue weighted by Crippen LogP contribution is 2.38. The Morgan fingerprint density at radius 1 is 0.967 bits per heavy atom. The van der Waals surface area contributed by atoms with Gasteiger partial charge in [-0.25, -0.2) is 8.42 Å². The maximum atomic E-state index is 12.3. The van der Waals surface area contributed by atoms with Crippen LogP contribution >= 0.6 is 10.7 Å². The Balaban J connectivity index is 2.28. The normalized spacial score (nSPS) is 11.9. The number of hydrogen-bond donors (Lipinski definition) is 0. The molecule has 0 amide bonds. The number of nitrogens with zero attached hydrogens (tertiary/aromatic N) is 1. The second kappa shape index (κ2) is 7.07. The lowest BCUT2D eigenvalue weighted by molar-refractivity contribution is -0.617. The molecular formula is C23H18ClNO4S. The van der Waals surface area contributed by atoms with Gasteiger partial charge >= 0.3 is 0 Å². The van der Waals surface area contributed by atoms with E-state index in [1.165, 1.54) is 6.07 Å². The van der Waals surface area contributed by atoms with Crippen molar-refractivity contribution in [1.29, 1.82) is 0 Å². The number of aromatic nitrogens is 1. The first-order valence-electron chi connectivity index (χ1n) is 9.23. The third kappa shape index (κ3) is 3.04. The van der Waals surface area contributed by atoms with Gasteiger partial charge in [-0.2, -0.15) is 4.57 Å². The Kier molecular flexibility index (Phi) is 4.79. The maximum absolute atomic E-state index is 12.3. The molecule has 0 aliphatic heterocycles. The van der Waals surface area contributed by atoms with Gasteiger partial charge in [0.1, 0.15) is 7.05 Å². The van der Waals surface area contributed by atoms with Crippen LogP contribution in [0.5, 0.6) is 0 Å². The van der Waals surface area contributed by atoms with Crippen molar-refractivity contribution in [2.24, 2.45) is 7.05 Å². The number of carbonyl (C=O) groups is 1. The monoisotopic (exact) mass is 439 g/mol. The average molecular weight is 440 g/mol. The molecule has 3 aromatic carbocycles. The molecule has 0 atom stereocenters. The number of carbonyl (C=O) groups excluding carboxylic acids is 1. The Labute approximate surface area is 178 Å². The number of pyridine rings is 1. The van der Waals surface area contributed by atoms with Crippen LogP contribution in [0.15, 0.2) is 59.5 Å². The van der Waals surface area contributed by atoms with E-state index < -0.39 is 15.0 Å². The number of para-hydroxylation sites is 1. The summed E-state index contributed by atoms with van der Waals surface area (Å²) in [7, 11) is 3.55. The lowest BCUT2D eigenvalue weighted by atomic mass is 9.89. The summed E-state index contributed by atoms with van der Waals surface area (Å²) in [5.74, 6) is -1.29. The third-order valence-corrected chi connectivity index (χ3v) is 7.01. The number of benzene rings is 3. The lowest BCUT2D eigenvalue weighted by Gasteiger charge is -2.18. The van der Waals surface area contributed by atoms with E-state index in [9.17, 15) is 18.3 Å². The SMILES string of the molecule is Cc1ccc(S(=O)(=O)Cl)c(C)c1-c1cccc2c1c(C(=O)[O-])c1ccccc1[n+]2C. The molecule has 0 fully saturated rings. The zero-order valence-corrected chi connectivity index (χ0v) is 18.1. The van der Waals surface area contributed by atoms with Gasteiger partial charge in [0.05, 0.1) is 21.6 Å². The molecule has 4 aromatic rings. The Hall–Kier alpha value is -2.96. The molecule has 0 bridgehead atoms. The molecule has 0 spiro atoms. The number of fused-ring (bicyclic) bond motifs is 2. The molecular weight excluding hydrogens is 422 g/mol. The van der Waals surface area contributed by atoms with Crippen molar-refractivity contribution < 1.29 is 22.9 Å². The van der Waals surface area contributed by atoms with Crippen molar-refractivity contribution in [3.63, 3.8) is 0 Å². The Morgan fingerprint density at radius 2 is 1.63 bits per heavy atom. The van der Waals surface area contributed by atoms with Crippen LogP contribution in [0.2, 0.25) is 0 Å².